The fourth-order valence-electron chi connectivity index (χ4n) is 5.17. The summed E-state index contributed by atoms with van der Waals surface area (Å²) >= 11 is 1.87. The van der Waals surface area contributed by atoms with Crippen molar-refractivity contribution in [3.05, 3.63) is 133 Å². The summed E-state index contributed by atoms with van der Waals surface area (Å²) in [5.41, 5.74) is 7.22. The Morgan fingerprint density at radius 1 is 0.500 bits per heavy atom. The van der Waals surface area contributed by atoms with Gasteiger partial charge < -0.3 is 5.32 Å². The molecule has 1 N–H and O–H groups in total. The first-order valence-electron chi connectivity index (χ1n) is 12.2. The van der Waals surface area contributed by atoms with Crippen LogP contribution >= 0.6 is 11.3 Å². The van der Waals surface area contributed by atoms with E-state index in [0.29, 0.717) is 0 Å². The average Bonchev–Trinajstić information content (AvgIpc) is 3.34. The summed E-state index contributed by atoms with van der Waals surface area (Å²) in [5.74, 6) is 0. The molecule has 170 valence electrons. The van der Waals surface area contributed by atoms with Crippen LogP contribution in [-0.2, 0) is 0 Å². The quantitative estimate of drug-likeness (QED) is 0.266. The number of rotatable bonds is 4. The molecule has 0 aliphatic rings. The van der Waals surface area contributed by atoms with Crippen molar-refractivity contribution in [1.82, 2.24) is 0 Å². The van der Waals surface area contributed by atoms with Crippen molar-refractivity contribution in [1.29, 1.82) is 0 Å². The normalized spacial score (nSPS) is 11.3. The Labute approximate surface area is 214 Å². The lowest BCUT2D eigenvalue weighted by atomic mass is 9.98. The van der Waals surface area contributed by atoms with Gasteiger partial charge in [0, 0.05) is 31.5 Å². The highest BCUT2D eigenvalue weighted by atomic mass is 32.1. The number of hydrogen-bond donors (Lipinski definition) is 1. The smallest absolute Gasteiger partial charge is 0.0479 e. The molecular weight excluding hydrogens is 454 g/mol. The van der Waals surface area contributed by atoms with Crippen molar-refractivity contribution in [2.45, 2.75) is 0 Å². The van der Waals surface area contributed by atoms with E-state index in [1.54, 1.807) is 0 Å². The van der Waals surface area contributed by atoms with Crippen molar-refractivity contribution in [2.24, 2.45) is 0 Å². The zero-order valence-electron chi connectivity index (χ0n) is 19.6. The van der Waals surface area contributed by atoms with Crippen LogP contribution in [0.5, 0.6) is 0 Å². The first kappa shape index (κ1) is 20.9. The maximum absolute atomic E-state index is 3.77. The second kappa shape index (κ2) is 8.67. The Hall–Kier alpha value is -4.40. The van der Waals surface area contributed by atoms with Crippen LogP contribution in [0.1, 0.15) is 0 Å². The topological polar surface area (TPSA) is 12.0 Å². The van der Waals surface area contributed by atoms with Crippen LogP contribution in [-0.4, -0.2) is 0 Å². The molecule has 36 heavy (non-hydrogen) atoms. The standard InChI is InChI=1S/C34H23NS/c1-2-10-24(11-3-1)29-20-21-31(33-30-17-6-7-19-32(30)36-34(29)33)35-26-15-8-14-25(22-26)28-18-9-13-23-12-4-5-16-27(23)28/h1-22,35H. The predicted molar refractivity (Wildman–Crippen MR) is 157 cm³/mol. The second-order valence-electron chi connectivity index (χ2n) is 9.06. The van der Waals surface area contributed by atoms with Gasteiger partial charge in [0.2, 0.25) is 0 Å². The first-order chi connectivity index (χ1) is 17.8. The number of hydrogen-bond acceptors (Lipinski definition) is 2. The number of anilines is 2. The highest BCUT2D eigenvalue weighted by Crippen LogP contribution is 2.44. The van der Waals surface area contributed by atoms with Crippen LogP contribution in [0, 0.1) is 0 Å². The lowest BCUT2D eigenvalue weighted by molar-refractivity contribution is 1.57. The molecule has 1 aromatic heterocycles. The van der Waals surface area contributed by atoms with Crippen LogP contribution in [0.4, 0.5) is 11.4 Å². The van der Waals surface area contributed by atoms with E-state index in [1.807, 2.05) is 11.3 Å². The van der Waals surface area contributed by atoms with Gasteiger partial charge >= 0.3 is 0 Å². The third kappa shape index (κ3) is 3.55. The third-order valence-corrected chi connectivity index (χ3v) is 8.06. The van der Waals surface area contributed by atoms with E-state index in [-0.39, 0.29) is 0 Å². The Bertz CT molecular complexity index is 1860. The Kier molecular flexibility index (Phi) is 5.04. The number of benzene rings is 6. The highest BCUT2D eigenvalue weighted by Gasteiger charge is 2.15. The molecular formula is C34H23NS. The molecule has 0 saturated carbocycles. The summed E-state index contributed by atoms with van der Waals surface area (Å²) in [4.78, 5) is 0. The van der Waals surface area contributed by atoms with E-state index in [0.717, 1.165) is 11.4 Å². The van der Waals surface area contributed by atoms with Gasteiger partial charge in [0.1, 0.15) is 0 Å². The monoisotopic (exact) mass is 477 g/mol. The van der Waals surface area contributed by atoms with Gasteiger partial charge in [-0.1, -0.05) is 109 Å². The number of thiophene rings is 1. The molecule has 0 bridgehead atoms. The minimum Gasteiger partial charge on any atom is -0.355 e. The lowest BCUT2D eigenvalue weighted by Crippen LogP contribution is -1.92. The molecule has 0 saturated heterocycles. The van der Waals surface area contributed by atoms with Crippen molar-refractivity contribution in [2.75, 3.05) is 5.32 Å². The van der Waals surface area contributed by atoms with E-state index in [2.05, 4.69) is 139 Å². The van der Waals surface area contributed by atoms with Crippen molar-refractivity contribution < 1.29 is 0 Å². The van der Waals surface area contributed by atoms with Crippen LogP contribution < -0.4 is 5.32 Å². The minimum atomic E-state index is 1.09. The fraction of sp³-hybridized carbons (Fsp3) is 0. The van der Waals surface area contributed by atoms with E-state index in [1.165, 1.54) is 53.2 Å². The average molecular weight is 478 g/mol. The van der Waals surface area contributed by atoms with Crippen LogP contribution in [0.2, 0.25) is 0 Å². The van der Waals surface area contributed by atoms with Gasteiger partial charge in [0.15, 0.2) is 0 Å². The summed E-state index contributed by atoms with van der Waals surface area (Å²) in [7, 11) is 0. The lowest BCUT2D eigenvalue weighted by Gasteiger charge is -2.13. The minimum absolute atomic E-state index is 1.09. The maximum Gasteiger partial charge on any atom is 0.0479 e. The summed E-state index contributed by atoms with van der Waals surface area (Å²) in [6.07, 6.45) is 0. The molecule has 7 rings (SSSR count). The van der Waals surface area contributed by atoms with Gasteiger partial charge in [-0.3, -0.25) is 0 Å². The molecule has 0 aliphatic heterocycles. The van der Waals surface area contributed by atoms with Gasteiger partial charge in [-0.15, -0.1) is 11.3 Å². The first-order valence-corrected chi connectivity index (χ1v) is 13.0. The Morgan fingerprint density at radius 3 is 2.14 bits per heavy atom. The van der Waals surface area contributed by atoms with Gasteiger partial charge in [-0.05, 0) is 57.3 Å². The summed E-state index contributed by atoms with van der Waals surface area (Å²) in [6.45, 7) is 0. The number of nitrogens with one attached hydrogen (secondary N) is 1. The molecule has 0 aliphatic carbocycles. The molecule has 1 nitrogen and oxygen atoms in total. The van der Waals surface area contributed by atoms with Gasteiger partial charge in [-0.2, -0.15) is 0 Å². The molecule has 7 aromatic rings. The molecule has 0 fully saturated rings. The van der Waals surface area contributed by atoms with Crippen LogP contribution in [0.15, 0.2) is 133 Å². The van der Waals surface area contributed by atoms with Gasteiger partial charge in [0.05, 0.1) is 0 Å². The van der Waals surface area contributed by atoms with Gasteiger partial charge in [0.25, 0.3) is 0 Å². The fourth-order valence-corrected chi connectivity index (χ4v) is 6.44. The Morgan fingerprint density at radius 2 is 1.22 bits per heavy atom. The molecule has 0 spiro atoms. The molecule has 0 radical (unpaired) electrons. The molecule has 1 heterocycles. The maximum atomic E-state index is 3.77. The van der Waals surface area contributed by atoms with E-state index in [9.17, 15) is 0 Å². The highest BCUT2D eigenvalue weighted by molar-refractivity contribution is 7.26. The van der Waals surface area contributed by atoms with E-state index < -0.39 is 0 Å². The summed E-state index contributed by atoms with van der Waals surface area (Å²) in [5, 5.41) is 8.88. The van der Waals surface area contributed by atoms with Crippen molar-refractivity contribution in [3.63, 3.8) is 0 Å². The Balaban J connectivity index is 1.37. The van der Waals surface area contributed by atoms with Crippen molar-refractivity contribution in [3.8, 4) is 22.3 Å². The van der Waals surface area contributed by atoms with Crippen LogP contribution in [0.3, 0.4) is 0 Å². The SMILES string of the molecule is c1ccc(-c2ccc(Nc3cccc(-c4cccc5ccccc45)c3)c3c2sc2ccccc23)cc1. The van der Waals surface area contributed by atoms with Gasteiger partial charge in [-0.25, -0.2) is 0 Å². The summed E-state index contributed by atoms with van der Waals surface area (Å²) in [6, 6.07) is 47.7. The third-order valence-electron chi connectivity index (χ3n) is 6.85. The van der Waals surface area contributed by atoms with E-state index in [4.69, 9.17) is 0 Å². The molecule has 0 amide bonds. The molecule has 0 unspecified atom stereocenters. The number of fused-ring (bicyclic) bond motifs is 4. The molecule has 0 atom stereocenters. The van der Waals surface area contributed by atoms with E-state index >= 15 is 0 Å². The van der Waals surface area contributed by atoms with Crippen LogP contribution in [0.25, 0.3) is 53.2 Å². The zero-order valence-corrected chi connectivity index (χ0v) is 20.4. The summed E-state index contributed by atoms with van der Waals surface area (Å²) < 4.78 is 2.63. The molecule has 2 heteroatoms. The predicted octanol–water partition coefficient (Wildman–Crippen LogP) is 10.3. The zero-order chi connectivity index (χ0) is 23.9. The van der Waals surface area contributed by atoms with Crippen molar-refractivity contribution >= 4 is 53.7 Å². The molecule has 6 aromatic carbocycles. The largest absolute Gasteiger partial charge is 0.355 e. The second-order valence-corrected chi connectivity index (χ2v) is 10.1.